The first-order chi connectivity index (χ1) is 8.20. The van der Waals surface area contributed by atoms with Crippen LogP contribution in [0.3, 0.4) is 0 Å². The van der Waals surface area contributed by atoms with Crippen LogP contribution in [0, 0.1) is 5.92 Å². The molecule has 1 saturated carbocycles. The van der Waals surface area contributed by atoms with Crippen molar-refractivity contribution < 1.29 is 14.2 Å². The van der Waals surface area contributed by atoms with Gasteiger partial charge in [-0.05, 0) is 31.6 Å². The van der Waals surface area contributed by atoms with Crippen LogP contribution in [-0.2, 0) is 14.2 Å². The molecule has 1 spiro atoms. The second kappa shape index (κ2) is 5.25. The van der Waals surface area contributed by atoms with Crippen LogP contribution in [0.25, 0.3) is 0 Å². The molecule has 0 aromatic heterocycles. The van der Waals surface area contributed by atoms with Crippen molar-refractivity contribution in [3.63, 3.8) is 0 Å². The Kier molecular flexibility index (Phi) is 4.11. The van der Waals surface area contributed by atoms with Gasteiger partial charge in [-0.15, -0.1) is 0 Å². The third-order valence-corrected chi connectivity index (χ3v) is 4.91. The van der Waals surface area contributed by atoms with Crippen molar-refractivity contribution in [1.29, 1.82) is 0 Å². The van der Waals surface area contributed by atoms with Crippen LogP contribution in [0.5, 0.6) is 0 Å². The van der Waals surface area contributed by atoms with E-state index in [-0.39, 0.29) is 11.4 Å². The van der Waals surface area contributed by atoms with Gasteiger partial charge in [0.2, 0.25) is 0 Å². The maximum Gasteiger partial charge on any atom is 0.168 e. The predicted molar refractivity (Wildman–Crippen MR) is 66.9 cm³/mol. The summed E-state index contributed by atoms with van der Waals surface area (Å²) >= 11 is 0. The first-order valence-electron chi connectivity index (χ1n) is 7.03. The van der Waals surface area contributed by atoms with E-state index in [4.69, 9.17) is 14.2 Å². The highest BCUT2D eigenvalue weighted by Crippen LogP contribution is 2.45. The summed E-state index contributed by atoms with van der Waals surface area (Å²) in [5, 5.41) is 0. The molecule has 0 bridgehead atoms. The summed E-state index contributed by atoms with van der Waals surface area (Å²) < 4.78 is 17.4. The molecule has 3 nitrogen and oxygen atoms in total. The van der Waals surface area contributed by atoms with E-state index < -0.39 is 0 Å². The van der Waals surface area contributed by atoms with E-state index in [2.05, 4.69) is 13.8 Å². The molecule has 17 heavy (non-hydrogen) atoms. The third-order valence-electron chi connectivity index (χ3n) is 4.91. The molecule has 2 fully saturated rings. The fraction of sp³-hybridized carbons (Fsp3) is 1.00. The van der Waals surface area contributed by atoms with Crippen LogP contribution in [0.1, 0.15) is 52.4 Å². The Morgan fingerprint density at radius 2 is 1.65 bits per heavy atom. The lowest BCUT2D eigenvalue weighted by Crippen LogP contribution is -2.45. The van der Waals surface area contributed by atoms with Gasteiger partial charge in [-0.2, -0.15) is 0 Å². The van der Waals surface area contributed by atoms with Gasteiger partial charge in [0.1, 0.15) is 0 Å². The average Bonchev–Trinajstić information content (AvgIpc) is 2.83. The number of rotatable bonds is 4. The SMILES string of the molecule is CCC(CC)(OC)C1CCC2(CC1)OCCO2. The van der Waals surface area contributed by atoms with Gasteiger partial charge in [0.15, 0.2) is 5.79 Å². The highest BCUT2D eigenvalue weighted by molar-refractivity contribution is 4.92. The Balaban J connectivity index is 1.97. The van der Waals surface area contributed by atoms with Gasteiger partial charge in [-0.25, -0.2) is 0 Å². The molecule has 3 heteroatoms. The summed E-state index contributed by atoms with van der Waals surface area (Å²) in [4.78, 5) is 0. The third kappa shape index (κ3) is 2.38. The highest BCUT2D eigenvalue weighted by Gasteiger charge is 2.45. The Morgan fingerprint density at radius 3 is 2.06 bits per heavy atom. The smallest absolute Gasteiger partial charge is 0.168 e. The summed E-state index contributed by atoms with van der Waals surface area (Å²) in [6, 6.07) is 0. The van der Waals surface area contributed by atoms with E-state index in [1.807, 2.05) is 7.11 Å². The number of hydrogen-bond donors (Lipinski definition) is 0. The molecule has 0 unspecified atom stereocenters. The van der Waals surface area contributed by atoms with Gasteiger partial charge in [-0.3, -0.25) is 0 Å². The lowest BCUT2D eigenvalue weighted by Gasteiger charge is -2.44. The normalized spacial score (nSPS) is 25.6. The van der Waals surface area contributed by atoms with Gasteiger partial charge >= 0.3 is 0 Å². The molecule has 1 aliphatic heterocycles. The summed E-state index contributed by atoms with van der Waals surface area (Å²) in [6.45, 7) is 6.00. The zero-order chi connectivity index (χ0) is 12.4. The average molecular weight is 242 g/mol. The van der Waals surface area contributed by atoms with Crippen molar-refractivity contribution in [2.75, 3.05) is 20.3 Å². The Hall–Kier alpha value is -0.120. The number of ether oxygens (including phenoxy) is 3. The summed E-state index contributed by atoms with van der Waals surface area (Å²) in [5.74, 6) is 0.415. The molecule has 2 aliphatic rings. The Morgan fingerprint density at radius 1 is 1.12 bits per heavy atom. The molecule has 0 aromatic carbocycles. The standard InChI is InChI=1S/C14H26O3/c1-4-13(5-2,15-3)12-6-8-14(9-7-12)16-10-11-17-14/h12H,4-11H2,1-3H3. The summed E-state index contributed by atoms with van der Waals surface area (Å²) in [5.41, 5.74) is 0.0697. The number of methoxy groups -OCH3 is 1. The fourth-order valence-electron chi connectivity index (χ4n) is 3.65. The molecule has 100 valence electrons. The van der Waals surface area contributed by atoms with Crippen LogP contribution < -0.4 is 0 Å². The molecule has 1 aliphatic carbocycles. The van der Waals surface area contributed by atoms with Gasteiger partial charge in [0.05, 0.1) is 18.8 Å². The van der Waals surface area contributed by atoms with E-state index in [1.165, 1.54) is 0 Å². The monoisotopic (exact) mass is 242 g/mol. The van der Waals surface area contributed by atoms with Crippen molar-refractivity contribution in [2.24, 2.45) is 5.92 Å². The quantitative estimate of drug-likeness (QED) is 0.758. The van der Waals surface area contributed by atoms with Gasteiger partial charge in [0.25, 0.3) is 0 Å². The fourth-order valence-corrected chi connectivity index (χ4v) is 3.65. The van der Waals surface area contributed by atoms with Crippen molar-refractivity contribution >= 4 is 0 Å². The molecule has 0 amide bonds. The molecule has 0 radical (unpaired) electrons. The molecule has 0 aromatic rings. The highest BCUT2D eigenvalue weighted by atomic mass is 16.7. The van der Waals surface area contributed by atoms with E-state index >= 15 is 0 Å². The number of hydrogen-bond acceptors (Lipinski definition) is 3. The molecular formula is C14H26O3. The lowest BCUT2D eigenvalue weighted by molar-refractivity contribution is -0.196. The molecule has 0 N–H and O–H groups in total. The topological polar surface area (TPSA) is 27.7 Å². The molecule has 1 heterocycles. The van der Waals surface area contributed by atoms with Crippen LogP contribution in [0.4, 0.5) is 0 Å². The van der Waals surface area contributed by atoms with Crippen molar-refractivity contribution in [3.8, 4) is 0 Å². The van der Waals surface area contributed by atoms with E-state index in [0.29, 0.717) is 5.92 Å². The predicted octanol–water partition coefficient (Wildman–Crippen LogP) is 3.12. The molecule has 1 saturated heterocycles. The minimum absolute atomic E-state index is 0.0697. The van der Waals surface area contributed by atoms with Crippen LogP contribution >= 0.6 is 0 Å². The maximum absolute atomic E-state index is 5.85. The van der Waals surface area contributed by atoms with Gasteiger partial charge in [-0.1, -0.05) is 13.8 Å². The van der Waals surface area contributed by atoms with Crippen molar-refractivity contribution in [1.82, 2.24) is 0 Å². The minimum atomic E-state index is -0.239. The van der Waals surface area contributed by atoms with Crippen LogP contribution in [0.2, 0.25) is 0 Å². The van der Waals surface area contributed by atoms with Crippen molar-refractivity contribution in [2.45, 2.75) is 63.8 Å². The zero-order valence-corrected chi connectivity index (χ0v) is 11.5. The Labute approximate surface area is 105 Å². The van der Waals surface area contributed by atoms with E-state index in [0.717, 1.165) is 51.7 Å². The van der Waals surface area contributed by atoms with Crippen LogP contribution in [-0.4, -0.2) is 31.7 Å². The second-order valence-corrected chi connectivity index (χ2v) is 5.36. The second-order valence-electron chi connectivity index (χ2n) is 5.36. The minimum Gasteiger partial charge on any atom is -0.378 e. The lowest BCUT2D eigenvalue weighted by atomic mass is 9.72. The largest absolute Gasteiger partial charge is 0.378 e. The maximum atomic E-state index is 5.85. The first-order valence-corrected chi connectivity index (χ1v) is 7.03. The first kappa shape index (κ1) is 13.3. The van der Waals surface area contributed by atoms with Crippen LogP contribution in [0.15, 0.2) is 0 Å². The molecular weight excluding hydrogens is 216 g/mol. The van der Waals surface area contributed by atoms with E-state index in [1.54, 1.807) is 0 Å². The molecule has 0 atom stereocenters. The zero-order valence-electron chi connectivity index (χ0n) is 11.5. The Bertz CT molecular complexity index is 224. The molecule has 2 rings (SSSR count). The van der Waals surface area contributed by atoms with E-state index in [9.17, 15) is 0 Å². The summed E-state index contributed by atoms with van der Waals surface area (Å²) in [6.07, 6.45) is 6.58. The summed E-state index contributed by atoms with van der Waals surface area (Å²) in [7, 11) is 1.86. The van der Waals surface area contributed by atoms with Gasteiger partial charge < -0.3 is 14.2 Å². The van der Waals surface area contributed by atoms with Crippen molar-refractivity contribution in [3.05, 3.63) is 0 Å². The van der Waals surface area contributed by atoms with Gasteiger partial charge in [0, 0.05) is 20.0 Å².